The van der Waals surface area contributed by atoms with Crippen molar-refractivity contribution in [2.24, 2.45) is 5.10 Å². The van der Waals surface area contributed by atoms with Crippen molar-refractivity contribution in [1.82, 2.24) is 5.43 Å². The van der Waals surface area contributed by atoms with Crippen LogP contribution in [0.25, 0.3) is 0 Å². The predicted molar refractivity (Wildman–Crippen MR) is 147 cm³/mol. The fourth-order valence-corrected chi connectivity index (χ4v) is 5.04. The number of nitro groups is 1. The fourth-order valence-electron chi connectivity index (χ4n) is 3.58. The topological polar surface area (TPSA) is 131 Å². The first-order valence-electron chi connectivity index (χ1n) is 11.7. The van der Waals surface area contributed by atoms with Crippen LogP contribution in [0.2, 0.25) is 0 Å². The Morgan fingerprint density at radius 3 is 2.18 bits per heavy atom. The first kappa shape index (κ1) is 27.0. The molecule has 0 aliphatic carbocycles. The summed E-state index contributed by atoms with van der Waals surface area (Å²) in [4.78, 5) is 23.5. The lowest BCUT2D eigenvalue weighted by molar-refractivity contribution is -0.384. The van der Waals surface area contributed by atoms with Gasteiger partial charge in [-0.3, -0.25) is 14.9 Å². The summed E-state index contributed by atoms with van der Waals surface area (Å²) in [6, 6.07) is 29.4. The Hall–Kier alpha value is -5.03. The maximum absolute atomic E-state index is 13.4. The van der Waals surface area contributed by atoms with E-state index in [1.54, 1.807) is 30.3 Å². The molecule has 1 amide bonds. The van der Waals surface area contributed by atoms with Gasteiger partial charge in [0.2, 0.25) is 0 Å². The maximum Gasteiger partial charge on any atom is 0.293 e. The number of nitrogens with zero attached hydrogens (tertiary/aromatic N) is 3. The van der Waals surface area contributed by atoms with Crippen molar-refractivity contribution < 1.29 is 22.9 Å². The van der Waals surface area contributed by atoms with Crippen molar-refractivity contribution in [3.05, 3.63) is 130 Å². The predicted octanol–water partition coefficient (Wildman–Crippen LogP) is 4.52. The number of anilines is 1. The van der Waals surface area contributed by atoms with E-state index in [0.29, 0.717) is 22.2 Å². The molecule has 198 valence electrons. The number of sulfonamides is 1. The number of para-hydroxylation sites is 2. The Kier molecular flexibility index (Phi) is 8.64. The Morgan fingerprint density at radius 1 is 0.897 bits per heavy atom. The molecule has 0 atom stereocenters. The number of nitro benzene ring substituents is 1. The summed E-state index contributed by atoms with van der Waals surface area (Å²) in [5.74, 6) is -0.127. The molecular weight excluding hydrogens is 520 g/mol. The zero-order valence-electron chi connectivity index (χ0n) is 20.6. The van der Waals surface area contributed by atoms with Gasteiger partial charge >= 0.3 is 0 Å². The van der Waals surface area contributed by atoms with E-state index in [2.05, 4.69) is 10.5 Å². The van der Waals surface area contributed by atoms with Gasteiger partial charge in [-0.2, -0.15) is 5.10 Å². The number of nitrogens with one attached hydrogen (secondary N) is 1. The lowest BCUT2D eigenvalue weighted by atomic mass is 10.2. The number of benzene rings is 4. The lowest BCUT2D eigenvalue weighted by Gasteiger charge is -2.23. The molecule has 11 heteroatoms. The fraction of sp³-hybridized carbons (Fsp3) is 0.0714. The van der Waals surface area contributed by atoms with Crippen LogP contribution in [0.4, 0.5) is 11.4 Å². The molecule has 0 fully saturated rings. The molecule has 0 spiro atoms. The van der Waals surface area contributed by atoms with Crippen LogP contribution in [-0.2, 0) is 21.4 Å². The van der Waals surface area contributed by atoms with Crippen LogP contribution in [0, 0.1) is 10.1 Å². The highest BCUT2D eigenvalue weighted by Crippen LogP contribution is 2.31. The number of ether oxygens (including phenoxy) is 1. The standard InChI is InChI=1S/C28H24N4O6S/c33-28(30-29-19-22-15-17-24(18-16-22)38-21-23-9-3-1-4-10-23)20-31(26-13-7-8-14-27(26)32(34)35)39(36,37)25-11-5-2-6-12-25/h1-19H,20-21H2,(H,30,33)/b29-19-. The largest absolute Gasteiger partial charge is 0.489 e. The third kappa shape index (κ3) is 7.05. The van der Waals surface area contributed by atoms with Crippen molar-refractivity contribution in [3.8, 4) is 5.75 Å². The van der Waals surface area contributed by atoms with Crippen molar-refractivity contribution in [2.75, 3.05) is 10.8 Å². The second kappa shape index (κ2) is 12.5. The van der Waals surface area contributed by atoms with Gasteiger partial charge in [-0.05, 0) is 53.6 Å². The van der Waals surface area contributed by atoms with E-state index in [9.17, 15) is 23.3 Å². The molecule has 0 saturated carbocycles. The van der Waals surface area contributed by atoms with E-state index < -0.39 is 33.1 Å². The monoisotopic (exact) mass is 544 g/mol. The van der Waals surface area contributed by atoms with Crippen molar-refractivity contribution in [2.45, 2.75) is 11.5 Å². The van der Waals surface area contributed by atoms with Crippen LogP contribution < -0.4 is 14.5 Å². The van der Waals surface area contributed by atoms with Crippen LogP contribution in [-0.4, -0.2) is 32.0 Å². The molecule has 0 aliphatic heterocycles. The maximum atomic E-state index is 13.4. The zero-order chi connectivity index (χ0) is 27.7. The minimum Gasteiger partial charge on any atom is -0.489 e. The van der Waals surface area contributed by atoms with Gasteiger partial charge in [0.15, 0.2) is 0 Å². The quantitative estimate of drug-likeness (QED) is 0.168. The van der Waals surface area contributed by atoms with Gasteiger partial charge in [0.25, 0.3) is 21.6 Å². The van der Waals surface area contributed by atoms with Crippen molar-refractivity contribution in [1.29, 1.82) is 0 Å². The van der Waals surface area contributed by atoms with Crippen LogP contribution in [0.3, 0.4) is 0 Å². The molecule has 10 nitrogen and oxygen atoms in total. The molecule has 4 aromatic carbocycles. The number of rotatable bonds is 11. The molecular formula is C28H24N4O6S. The molecule has 39 heavy (non-hydrogen) atoms. The summed E-state index contributed by atoms with van der Waals surface area (Å²) in [7, 11) is -4.31. The van der Waals surface area contributed by atoms with Gasteiger partial charge in [0.05, 0.1) is 16.0 Å². The van der Waals surface area contributed by atoms with E-state index in [-0.39, 0.29) is 10.6 Å². The SMILES string of the molecule is O=C(CN(c1ccccc1[N+](=O)[O-])S(=O)(=O)c1ccccc1)N/N=C\c1ccc(OCc2ccccc2)cc1. The first-order chi connectivity index (χ1) is 18.8. The van der Waals surface area contributed by atoms with E-state index in [0.717, 1.165) is 5.56 Å². The number of hydrogen-bond donors (Lipinski definition) is 1. The van der Waals surface area contributed by atoms with Crippen molar-refractivity contribution >= 4 is 33.5 Å². The molecule has 0 unspecified atom stereocenters. The zero-order valence-corrected chi connectivity index (χ0v) is 21.4. The molecule has 1 N–H and O–H groups in total. The Labute approximate surface area is 225 Å². The van der Waals surface area contributed by atoms with Crippen LogP contribution in [0.15, 0.2) is 119 Å². The van der Waals surface area contributed by atoms with Crippen molar-refractivity contribution in [3.63, 3.8) is 0 Å². The second-order valence-electron chi connectivity index (χ2n) is 8.21. The van der Waals surface area contributed by atoms with Crippen LogP contribution >= 0.6 is 0 Å². The molecule has 4 rings (SSSR count). The number of carbonyl (C=O) groups is 1. The smallest absolute Gasteiger partial charge is 0.293 e. The van der Waals surface area contributed by atoms with E-state index in [4.69, 9.17) is 4.74 Å². The molecule has 0 aromatic heterocycles. The molecule has 0 aliphatic rings. The Morgan fingerprint density at radius 2 is 1.51 bits per heavy atom. The molecule has 0 bridgehead atoms. The Balaban J connectivity index is 1.45. The van der Waals surface area contributed by atoms with Crippen LogP contribution in [0.1, 0.15) is 11.1 Å². The van der Waals surface area contributed by atoms with Gasteiger partial charge in [-0.25, -0.2) is 18.1 Å². The Bertz CT molecular complexity index is 1560. The summed E-state index contributed by atoms with van der Waals surface area (Å²) in [5.41, 5.74) is 3.29. The highest BCUT2D eigenvalue weighted by atomic mass is 32.2. The molecule has 4 aromatic rings. The van der Waals surface area contributed by atoms with E-state index >= 15 is 0 Å². The van der Waals surface area contributed by atoms with Crippen LogP contribution in [0.5, 0.6) is 5.75 Å². The van der Waals surface area contributed by atoms with Gasteiger partial charge in [0.1, 0.15) is 24.6 Å². The summed E-state index contributed by atoms with van der Waals surface area (Å²) in [6.45, 7) is -0.308. The normalized spacial score (nSPS) is 11.2. The number of hydrogen-bond acceptors (Lipinski definition) is 7. The van der Waals surface area contributed by atoms with E-state index in [1.165, 1.54) is 54.7 Å². The minimum atomic E-state index is -4.31. The third-order valence-electron chi connectivity index (χ3n) is 5.50. The molecule has 0 radical (unpaired) electrons. The third-order valence-corrected chi connectivity index (χ3v) is 7.27. The number of amides is 1. The summed E-state index contributed by atoms with van der Waals surface area (Å²) in [5, 5.41) is 15.5. The van der Waals surface area contributed by atoms with Gasteiger partial charge in [0, 0.05) is 6.07 Å². The lowest BCUT2D eigenvalue weighted by Crippen LogP contribution is -2.39. The minimum absolute atomic E-state index is 0.117. The van der Waals surface area contributed by atoms with Gasteiger partial charge in [-0.1, -0.05) is 60.7 Å². The number of hydrazone groups is 1. The second-order valence-corrected chi connectivity index (χ2v) is 10.1. The summed E-state index contributed by atoms with van der Waals surface area (Å²) >= 11 is 0. The summed E-state index contributed by atoms with van der Waals surface area (Å²) in [6.07, 6.45) is 1.39. The van der Waals surface area contributed by atoms with E-state index in [1.807, 2.05) is 30.3 Å². The average Bonchev–Trinajstić information content (AvgIpc) is 2.96. The summed E-state index contributed by atoms with van der Waals surface area (Å²) < 4.78 is 33.2. The van der Waals surface area contributed by atoms with Gasteiger partial charge in [-0.15, -0.1) is 0 Å². The highest BCUT2D eigenvalue weighted by Gasteiger charge is 2.31. The first-order valence-corrected chi connectivity index (χ1v) is 13.2. The highest BCUT2D eigenvalue weighted by molar-refractivity contribution is 7.92. The van der Waals surface area contributed by atoms with Gasteiger partial charge < -0.3 is 4.74 Å². The molecule has 0 saturated heterocycles. The molecule has 0 heterocycles. The number of carbonyl (C=O) groups excluding carboxylic acids is 1. The average molecular weight is 545 g/mol.